The summed E-state index contributed by atoms with van der Waals surface area (Å²) in [7, 11) is 4.11. The Morgan fingerprint density at radius 3 is 2.63 bits per heavy atom. The van der Waals surface area contributed by atoms with Crippen molar-refractivity contribution < 1.29 is 0 Å². The molecule has 27 heavy (non-hydrogen) atoms. The van der Waals surface area contributed by atoms with Crippen LogP contribution in [0.25, 0.3) is 0 Å². The molecule has 0 bridgehead atoms. The van der Waals surface area contributed by atoms with Gasteiger partial charge in [-0.15, -0.1) is 34.2 Å². The molecule has 1 aromatic heterocycles. The van der Waals surface area contributed by atoms with Crippen molar-refractivity contribution in [2.75, 3.05) is 32.1 Å². The molecule has 0 atom stereocenters. The maximum absolute atomic E-state index is 4.72. The summed E-state index contributed by atoms with van der Waals surface area (Å²) in [6, 6.07) is 6.49. The monoisotopic (exact) mass is 485 g/mol. The Morgan fingerprint density at radius 1 is 1.22 bits per heavy atom. The molecule has 0 radical (unpaired) electrons. The van der Waals surface area contributed by atoms with Crippen LogP contribution in [0.4, 0.5) is 5.69 Å². The predicted molar refractivity (Wildman–Crippen MR) is 123 cm³/mol. The molecule has 0 saturated carbocycles. The molecule has 0 amide bonds. The van der Waals surface area contributed by atoms with E-state index in [1.165, 1.54) is 16.8 Å². The molecular weight excluding hydrogens is 453 g/mol. The first kappa shape index (κ1) is 23.2. The van der Waals surface area contributed by atoms with Gasteiger partial charge in [0, 0.05) is 45.8 Å². The Bertz CT molecular complexity index is 725. The molecule has 0 aliphatic rings. The SMILES string of the molecule is CCNC(=NCc1ccc(N(C)C)cc1C)NCCn1cnnc1CC.I. The van der Waals surface area contributed by atoms with Gasteiger partial charge in [-0.05, 0) is 37.1 Å². The van der Waals surface area contributed by atoms with Crippen molar-refractivity contribution in [2.45, 2.75) is 40.3 Å². The van der Waals surface area contributed by atoms with Crippen molar-refractivity contribution in [1.82, 2.24) is 25.4 Å². The molecule has 1 aromatic carbocycles. The average molecular weight is 485 g/mol. The number of aryl methyl sites for hydroxylation is 2. The summed E-state index contributed by atoms with van der Waals surface area (Å²) < 4.78 is 2.07. The summed E-state index contributed by atoms with van der Waals surface area (Å²) in [5.41, 5.74) is 3.70. The van der Waals surface area contributed by atoms with Crippen molar-refractivity contribution in [2.24, 2.45) is 4.99 Å². The van der Waals surface area contributed by atoms with Gasteiger partial charge in [-0.2, -0.15) is 0 Å². The molecule has 0 fully saturated rings. The molecule has 1 heterocycles. The summed E-state index contributed by atoms with van der Waals surface area (Å²) >= 11 is 0. The lowest BCUT2D eigenvalue weighted by Gasteiger charge is -2.15. The Labute approximate surface area is 179 Å². The molecule has 0 unspecified atom stereocenters. The van der Waals surface area contributed by atoms with E-state index < -0.39 is 0 Å². The Kier molecular flexibility index (Phi) is 10.1. The third kappa shape index (κ3) is 7.00. The number of benzene rings is 1. The lowest BCUT2D eigenvalue weighted by molar-refractivity contribution is 0.632. The van der Waals surface area contributed by atoms with E-state index in [0.29, 0.717) is 6.54 Å². The summed E-state index contributed by atoms with van der Waals surface area (Å²) in [6.07, 6.45) is 2.66. The van der Waals surface area contributed by atoms with Crippen LogP contribution >= 0.6 is 24.0 Å². The van der Waals surface area contributed by atoms with E-state index in [-0.39, 0.29) is 24.0 Å². The predicted octanol–water partition coefficient (Wildman–Crippen LogP) is 2.59. The van der Waals surface area contributed by atoms with E-state index in [1.807, 2.05) is 0 Å². The van der Waals surface area contributed by atoms with Crippen LogP contribution in [0.5, 0.6) is 0 Å². The fourth-order valence-electron chi connectivity index (χ4n) is 2.68. The first-order valence-corrected chi connectivity index (χ1v) is 9.20. The van der Waals surface area contributed by atoms with Gasteiger partial charge in [-0.25, -0.2) is 4.99 Å². The van der Waals surface area contributed by atoms with Crippen molar-refractivity contribution in [1.29, 1.82) is 0 Å². The number of anilines is 1. The summed E-state index contributed by atoms with van der Waals surface area (Å²) in [5.74, 6) is 1.83. The number of hydrogen-bond donors (Lipinski definition) is 2. The van der Waals surface area contributed by atoms with Gasteiger partial charge >= 0.3 is 0 Å². The highest BCUT2D eigenvalue weighted by Crippen LogP contribution is 2.17. The number of nitrogens with zero attached hydrogens (tertiary/aromatic N) is 5. The quantitative estimate of drug-likeness (QED) is 0.342. The number of aliphatic imine (C=N–C) groups is 1. The van der Waals surface area contributed by atoms with Gasteiger partial charge in [0.05, 0.1) is 6.54 Å². The van der Waals surface area contributed by atoms with Gasteiger partial charge in [0.25, 0.3) is 0 Å². The van der Waals surface area contributed by atoms with E-state index in [2.05, 4.69) is 83.4 Å². The lowest BCUT2D eigenvalue weighted by atomic mass is 10.1. The van der Waals surface area contributed by atoms with Crippen molar-refractivity contribution >= 4 is 35.6 Å². The van der Waals surface area contributed by atoms with Gasteiger partial charge in [-0.3, -0.25) is 0 Å². The minimum absolute atomic E-state index is 0. The summed E-state index contributed by atoms with van der Waals surface area (Å²) in [6.45, 7) is 9.37. The number of guanidine groups is 1. The summed E-state index contributed by atoms with van der Waals surface area (Å²) in [4.78, 5) is 6.83. The Balaban J connectivity index is 0.00000364. The highest BCUT2D eigenvalue weighted by molar-refractivity contribution is 14.0. The molecule has 2 N–H and O–H groups in total. The maximum atomic E-state index is 4.72. The molecule has 0 aliphatic carbocycles. The second kappa shape index (κ2) is 11.8. The van der Waals surface area contributed by atoms with E-state index in [9.17, 15) is 0 Å². The minimum atomic E-state index is 0. The Morgan fingerprint density at radius 2 is 2.00 bits per heavy atom. The zero-order valence-electron chi connectivity index (χ0n) is 17.0. The topological polar surface area (TPSA) is 70.4 Å². The fraction of sp³-hybridized carbons (Fsp3) is 0.526. The smallest absolute Gasteiger partial charge is 0.191 e. The fourth-order valence-corrected chi connectivity index (χ4v) is 2.68. The third-order valence-electron chi connectivity index (χ3n) is 4.25. The van der Waals surface area contributed by atoms with E-state index in [4.69, 9.17) is 4.99 Å². The highest BCUT2D eigenvalue weighted by atomic mass is 127. The Hall–Kier alpha value is -1.84. The second-order valence-electron chi connectivity index (χ2n) is 6.42. The molecule has 150 valence electrons. The number of rotatable bonds is 8. The second-order valence-corrected chi connectivity index (χ2v) is 6.42. The first-order valence-electron chi connectivity index (χ1n) is 9.20. The highest BCUT2D eigenvalue weighted by Gasteiger charge is 2.04. The van der Waals surface area contributed by atoms with Crippen LogP contribution in [-0.2, 0) is 19.5 Å². The first-order chi connectivity index (χ1) is 12.5. The van der Waals surface area contributed by atoms with Crippen molar-refractivity contribution in [3.05, 3.63) is 41.5 Å². The molecule has 0 saturated heterocycles. The van der Waals surface area contributed by atoms with Crippen molar-refractivity contribution in [3.8, 4) is 0 Å². The van der Waals surface area contributed by atoms with Crippen LogP contribution in [0.15, 0.2) is 29.5 Å². The third-order valence-corrected chi connectivity index (χ3v) is 4.25. The van der Waals surface area contributed by atoms with Crippen LogP contribution in [0.3, 0.4) is 0 Å². The van der Waals surface area contributed by atoms with Crippen LogP contribution in [0.2, 0.25) is 0 Å². The largest absolute Gasteiger partial charge is 0.378 e. The summed E-state index contributed by atoms with van der Waals surface area (Å²) in [5, 5.41) is 14.8. The van der Waals surface area contributed by atoms with Crippen LogP contribution in [0, 0.1) is 6.92 Å². The minimum Gasteiger partial charge on any atom is -0.378 e. The van der Waals surface area contributed by atoms with Crippen LogP contribution in [-0.4, -0.2) is 47.9 Å². The van der Waals surface area contributed by atoms with Gasteiger partial charge in [0.1, 0.15) is 12.2 Å². The number of halogens is 1. The molecule has 7 nitrogen and oxygen atoms in total. The lowest BCUT2D eigenvalue weighted by Crippen LogP contribution is -2.39. The van der Waals surface area contributed by atoms with E-state index in [0.717, 1.165) is 37.8 Å². The molecular formula is C19H32IN7. The van der Waals surface area contributed by atoms with Crippen LogP contribution in [0.1, 0.15) is 30.8 Å². The number of nitrogens with one attached hydrogen (secondary N) is 2. The zero-order chi connectivity index (χ0) is 18.9. The van der Waals surface area contributed by atoms with E-state index >= 15 is 0 Å². The van der Waals surface area contributed by atoms with Gasteiger partial charge < -0.3 is 20.1 Å². The number of hydrogen-bond acceptors (Lipinski definition) is 4. The molecule has 8 heteroatoms. The maximum Gasteiger partial charge on any atom is 0.191 e. The molecule has 0 aliphatic heterocycles. The number of aromatic nitrogens is 3. The van der Waals surface area contributed by atoms with Crippen LogP contribution < -0.4 is 15.5 Å². The van der Waals surface area contributed by atoms with Gasteiger partial charge in [-0.1, -0.05) is 13.0 Å². The van der Waals surface area contributed by atoms with Gasteiger partial charge in [0.15, 0.2) is 5.96 Å². The molecule has 2 aromatic rings. The zero-order valence-corrected chi connectivity index (χ0v) is 19.3. The normalized spacial score (nSPS) is 11.1. The standard InChI is InChI=1S/C19H31N7.HI/c1-6-18-24-23-14-26(18)11-10-21-19(20-7-2)22-13-16-8-9-17(25(4)5)12-15(16)3;/h8-9,12,14H,6-7,10-11,13H2,1-5H3,(H2,20,21,22);1H. The van der Waals surface area contributed by atoms with E-state index in [1.54, 1.807) is 6.33 Å². The van der Waals surface area contributed by atoms with Gasteiger partial charge in [0.2, 0.25) is 0 Å². The van der Waals surface area contributed by atoms with Crippen molar-refractivity contribution in [3.63, 3.8) is 0 Å². The molecule has 0 spiro atoms. The average Bonchev–Trinajstić information content (AvgIpc) is 3.07. The molecule has 2 rings (SSSR count).